The van der Waals surface area contributed by atoms with Crippen LogP contribution in [-0.2, 0) is 21.9 Å². The molecule has 0 unspecified atom stereocenters. The van der Waals surface area contributed by atoms with Gasteiger partial charge in [0.15, 0.2) is 0 Å². The second kappa shape index (κ2) is 12.2. The van der Waals surface area contributed by atoms with Crippen LogP contribution in [0.25, 0.3) is 0 Å². The van der Waals surface area contributed by atoms with E-state index in [9.17, 15) is 9.59 Å². The summed E-state index contributed by atoms with van der Waals surface area (Å²) in [5.74, 6) is 0.592. The van der Waals surface area contributed by atoms with E-state index in [1.807, 2.05) is 24.3 Å². The third kappa shape index (κ3) is 7.05. The van der Waals surface area contributed by atoms with Gasteiger partial charge < -0.3 is 10.2 Å². The van der Waals surface area contributed by atoms with Crippen molar-refractivity contribution in [2.45, 2.75) is 57.0 Å². The van der Waals surface area contributed by atoms with Crippen LogP contribution in [0, 0.1) is 0 Å². The molecule has 3 rings (SSSR count). The minimum absolute atomic E-state index is 0.123. The zero-order valence-corrected chi connectivity index (χ0v) is 21.0. The molecule has 0 bridgehead atoms. The largest absolute Gasteiger partial charge is 0.352 e. The predicted octanol–water partition coefficient (Wildman–Crippen LogP) is 6.36. The van der Waals surface area contributed by atoms with Crippen molar-refractivity contribution in [2.75, 3.05) is 5.75 Å². The average molecular weight is 514 g/mol. The molecule has 0 saturated heterocycles. The summed E-state index contributed by atoms with van der Waals surface area (Å²) in [5.41, 5.74) is 1.73. The van der Waals surface area contributed by atoms with Crippen LogP contribution in [0.5, 0.6) is 0 Å². The first kappa shape index (κ1) is 25.2. The van der Waals surface area contributed by atoms with Gasteiger partial charge in [0.05, 0.1) is 5.75 Å². The first-order valence-corrected chi connectivity index (χ1v) is 13.0. The SMILES string of the molecule is C[C@@H](C(=O)NC1CCCC1)N(Cc1ccc(Cl)cc1Cl)C(=O)CSCc1ccccc1Cl. The lowest BCUT2D eigenvalue weighted by Crippen LogP contribution is -2.50. The molecule has 32 heavy (non-hydrogen) atoms. The molecule has 1 saturated carbocycles. The molecule has 2 aromatic rings. The molecule has 4 nitrogen and oxygen atoms in total. The second-order valence-electron chi connectivity index (χ2n) is 8.01. The molecule has 1 N–H and O–H groups in total. The Bertz CT molecular complexity index is 951. The summed E-state index contributed by atoms with van der Waals surface area (Å²) in [6.45, 7) is 2.01. The van der Waals surface area contributed by atoms with Gasteiger partial charge >= 0.3 is 0 Å². The summed E-state index contributed by atoms with van der Waals surface area (Å²) in [6, 6.07) is 12.3. The van der Waals surface area contributed by atoms with Crippen molar-refractivity contribution >= 4 is 58.4 Å². The normalized spacial score (nSPS) is 14.9. The molecule has 172 valence electrons. The van der Waals surface area contributed by atoms with E-state index in [0.717, 1.165) is 36.8 Å². The van der Waals surface area contributed by atoms with Crippen molar-refractivity contribution in [3.63, 3.8) is 0 Å². The van der Waals surface area contributed by atoms with Gasteiger partial charge in [-0.2, -0.15) is 0 Å². The van der Waals surface area contributed by atoms with E-state index < -0.39 is 6.04 Å². The van der Waals surface area contributed by atoms with Gasteiger partial charge in [0.25, 0.3) is 0 Å². The fourth-order valence-corrected chi connectivity index (χ4v) is 5.42. The Morgan fingerprint density at radius 2 is 1.78 bits per heavy atom. The molecule has 2 amide bonds. The lowest BCUT2D eigenvalue weighted by Gasteiger charge is -2.30. The number of thioether (sulfide) groups is 1. The van der Waals surface area contributed by atoms with Crippen molar-refractivity contribution in [1.29, 1.82) is 0 Å². The standard InChI is InChI=1S/C24H27Cl3N2O2S/c1-16(24(31)28-20-7-3-4-8-20)29(13-17-10-11-19(25)12-22(17)27)23(30)15-32-14-18-6-2-5-9-21(18)26/h2,5-6,9-12,16,20H,3-4,7-8,13-15H2,1H3,(H,28,31)/t16-/m0/s1. The highest BCUT2D eigenvalue weighted by Crippen LogP contribution is 2.25. The van der Waals surface area contributed by atoms with Gasteiger partial charge in [0.1, 0.15) is 6.04 Å². The van der Waals surface area contributed by atoms with Gasteiger partial charge in [-0.3, -0.25) is 9.59 Å². The zero-order valence-electron chi connectivity index (χ0n) is 18.0. The van der Waals surface area contributed by atoms with Crippen LogP contribution in [0.2, 0.25) is 15.1 Å². The van der Waals surface area contributed by atoms with Gasteiger partial charge in [0, 0.05) is 33.4 Å². The molecule has 8 heteroatoms. The molecule has 0 spiro atoms. The summed E-state index contributed by atoms with van der Waals surface area (Å²) in [7, 11) is 0. The molecule has 0 heterocycles. The number of nitrogens with one attached hydrogen (secondary N) is 1. The summed E-state index contributed by atoms with van der Waals surface area (Å²) in [6.07, 6.45) is 4.23. The number of hydrogen-bond acceptors (Lipinski definition) is 3. The van der Waals surface area contributed by atoms with E-state index in [1.165, 1.54) is 11.8 Å². The smallest absolute Gasteiger partial charge is 0.242 e. The highest BCUT2D eigenvalue weighted by atomic mass is 35.5. The summed E-state index contributed by atoms with van der Waals surface area (Å²) >= 11 is 20.1. The Morgan fingerprint density at radius 3 is 2.47 bits per heavy atom. The quantitative estimate of drug-likeness (QED) is 0.425. The molecular weight excluding hydrogens is 487 g/mol. The third-order valence-electron chi connectivity index (χ3n) is 5.67. The number of amides is 2. The monoisotopic (exact) mass is 512 g/mol. The van der Waals surface area contributed by atoms with Gasteiger partial charge in [-0.05, 0) is 49.1 Å². The molecule has 2 aromatic carbocycles. The fourth-order valence-electron chi connectivity index (χ4n) is 3.75. The second-order valence-corrected chi connectivity index (χ2v) is 10.2. The Morgan fingerprint density at radius 1 is 1.06 bits per heavy atom. The van der Waals surface area contributed by atoms with Crippen molar-refractivity contribution in [3.8, 4) is 0 Å². The van der Waals surface area contributed by atoms with E-state index in [2.05, 4.69) is 5.32 Å². The number of nitrogens with zero attached hydrogens (tertiary/aromatic N) is 1. The summed E-state index contributed by atoms with van der Waals surface area (Å²) < 4.78 is 0. The van der Waals surface area contributed by atoms with Gasteiger partial charge in [-0.1, -0.05) is 71.9 Å². The zero-order chi connectivity index (χ0) is 23.1. The van der Waals surface area contributed by atoms with Crippen LogP contribution in [-0.4, -0.2) is 34.6 Å². The first-order valence-electron chi connectivity index (χ1n) is 10.7. The Balaban J connectivity index is 1.70. The maximum atomic E-state index is 13.2. The third-order valence-corrected chi connectivity index (χ3v) is 7.59. The van der Waals surface area contributed by atoms with Crippen molar-refractivity contribution < 1.29 is 9.59 Å². The average Bonchev–Trinajstić information content (AvgIpc) is 3.27. The minimum atomic E-state index is -0.615. The van der Waals surface area contributed by atoms with Crippen molar-refractivity contribution in [1.82, 2.24) is 10.2 Å². The molecule has 0 aliphatic heterocycles. The van der Waals surface area contributed by atoms with Gasteiger partial charge in [0.2, 0.25) is 11.8 Å². The minimum Gasteiger partial charge on any atom is -0.352 e. The van der Waals surface area contributed by atoms with E-state index in [4.69, 9.17) is 34.8 Å². The van der Waals surface area contributed by atoms with Crippen LogP contribution in [0.1, 0.15) is 43.7 Å². The number of carbonyl (C=O) groups is 2. The molecule has 0 aromatic heterocycles. The number of benzene rings is 2. The lowest BCUT2D eigenvalue weighted by atomic mass is 10.1. The molecule has 1 aliphatic rings. The van der Waals surface area contributed by atoms with Gasteiger partial charge in [-0.25, -0.2) is 0 Å². The fraction of sp³-hybridized carbons (Fsp3) is 0.417. The summed E-state index contributed by atoms with van der Waals surface area (Å²) in [5, 5.41) is 4.78. The topological polar surface area (TPSA) is 49.4 Å². The highest BCUT2D eigenvalue weighted by molar-refractivity contribution is 7.99. The molecule has 1 aliphatic carbocycles. The first-order chi connectivity index (χ1) is 15.3. The van der Waals surface area contributed by atoms with Crippen LogP contribution >= 0.6 is 46.6 Å². The molecule has 1 fully saturated rings. The van der Waals surface area contributed by atoms with Crippen LogP contribution < -0.4 is 5.32 Å². The van der Waals surface area contributed by atoms with E-state index in [-0.39, 0.29) is 30.2 Å². The van der Waals surface area contributed by atoms with E-state index in [0.29, 0.717) is 20.8 Å². The van der Waals surface area contributed by atoms with Crippen LogP contribution in [0.15, 0.2) is 42.5 Å². The Labute approximate surface area is 209 Å². The van der Waals surface area contributed by atoms with Gasteiger partial charge in [-0.15, -0.1) is 11.8 Å². The molecule has 1 atom stereocenters. The lowest BCUT2D eigenvalue weighted by molar-refractivity contribution is -0.138. The summed E-state index contributed by atoms with van der Waals surface area (Å²) in [4.78, 5) is 27.7. The van der Waals surface area contributed by atoms with E-state index in [1.54, 1.807) is 30.0 Å². The van der Waals surface area contributed by atoms with E-state index >= 15 is 0 Å². The number of halogens is 3. The maximum absolute atomic E-state index is 13.2. The predicted molar refractivity (Wildman–Crippen MR) is 134 cm³/mol. The Kier molecular flexibility index (Phi) is 9.60. The van der Waals surface area contributed by atoms with Crippen molar-refractivity contribution in [2.24, 2.45) is 0 Å². The van der Waals surface area contributed by atoms with Crippen LogP contribution in [0.3, 0.4) is 0 Å². The highest BCUT2D eigenvalue weighted by Gasteiger charge is 2.28. The maximum Gasteiger partial charge on any atom is 0.242 e. The number of carbonyl (C=O) groups excluding carboxylic acids is 2. The molecule has 0 radical (unpaired) electrons. The number of rotatable bonds is 9. The van der Waals surface area contributed by atoms with Crippen molar-refractivity contribution in [3.05, 3.63) is 68.7 Å². The Hall–Kier alpha value is -1.40. The molecular formula is C24H27Cl3N2O2S. The number of hydrogen-bond donors (Lipinski definition) is 1. The van der Waals surface area contributed by atoms with Crippen LogP contribution in [0.4, 0.5) is 0 Å².